The fraction of sp³-hybridized carbons (Fsp3) is 0.680. The number of carbonyl (C=O) groups is 2. The SMILES string of the molecule is CCCC(=O)N[C@@H](Cc1cccc(O)c1)C(=O)NCCCCCCCCCCCCN. The van der Waals surface area contributed by atoms with Gasteiger partial charge in [0, 0.05) is 19.4 Å². The number of benzene rings is 1. The first-order valence-corrected chi connectivity index (χ1v) is 12.1. The van der Waals surface area contributed by atoms with Gasteiger partial charge in [0.15, 0.2) is 0 Å². The van der Waals surface area contributed by atoms with E-state index in [0.29, 0.717) is 19.4 Å². The van der Waals surface area contributed by atoms with Crippen LogP contribution in [0.15, 0.2) is 24.3 Å². The normalized spacial score (nSPS) is 11.8. The minimum absolute atomic E-state index is 0.120. The van der Waals surface area contributed by atoms with Crippen LogP contribution in [0.5, 0.6) is 5.75 Å². The van der Waals surface area contributed by atoms with Crippen LogP contribution in [0, 0.1) is 0 Å². The van der Waals surface area contributed by atoms with Gasteiger partial charge in [0.05, 0.1) is 0 Å². The van der Waals surface area contributed by atoms with Crippen LogP contribution >= 0.6 is 0 Å². The van der Waals surface area contributed by atoms with Gasteiger partial charge in [-0.3, -0.25) is 9.59 Å². The maximum Gasteiger partial charge on any atom is 0.242 e. The number of phenolic OH excluding ortho intramolecular Hbond substituents is 1. The molecule has 0 unspecified atom stereocenters. The second kappa shape index (κ2) is 17.6. The highest BCUT2D eigenvalue weighted by molar-refractivity contribution is 5.87. The van der Waals surface area contributed by atoms with E-state index in [9.17, 15) is 14.7 Å². The number of nitrogens with one attached hydrogen (secondary N) is 2. The van der Waals surface area contributed by atoms with Crippen LogP contribution in [-0.2, 0) is 16.0 Å². The Balaban J connectivity index is 2.26. The summed E-state index contributed by atoms with van der Waals surface area (Å²) >= 11 is 0. The molecule has 0 aliphatic rings. The van der Waals surface area contributed by atoms with Crippen molar-refractivity contribution in [3.05, 3.63) is 29.8 Å². The number of aromatic hydroxyl groups is 1. The van der Waals surface area contributed by atoms with E-state index >= 15 is 0 Å². The summed E-state index contributed by atoms with van der Waals surface area (Å²) in [7, 11) is 0. The summed E-state index contributed by atoms with van der Waals surface area (Å²) in [4.78, 5) is 24.7. The van der Waals surface area contributed by atoms with Crippen LogP contribution in [0.25, 0.3) is 0 Å². The minimum Gasteiger partial charge on any atom is -0.508 e. The molecule has 6 nitrogen and oxygen atoms in total. The van der Waals surface area contributed by atoms with Gasteiger partial charge in [-0.25, -0.2) is 0 Å². The van der Waals surface area contributed by atoms with Crippen LogP contribution in [-0.4, -0.2) is 36.1 Å². The lowest BCUT2D eigenvalue weighted by Crippen LogP contribution is -2.48. The monoisotopic (exact) mass is 433 g/mol. The van der Waals surface area contributed by atoms with Crippen LogP contribution < -0.4 is 16.4 Å². The summed E-state index contributed by atoms with van der Waals surface area (Å²) in [5.74, 6) is -0.122. The van der Waals surface area contributed by atoms with Crippen LogP contribution in [0.3, 0.4) is 0 Å². The number of unbranched alkanes of at least 4 members (excludes halogenated alkanes) is 9. The molecule has 0 saturated carbocycles. The zero-order valence-corrected chi connectivity index (χ0v) is 19.3. The van der Waals surface area contributed by atoms with Crippen molar-refractivity contribution in [2.75, 3.05) is 13.1 Å². The molecule has 0 aliphatic heterocycles. The van der Waals surface area contributed by atoms with Gasteiger partial charge in [0.2, 0.25) is 11.8 Å². The topological polar surface area (TPSA) is 104 Å². The van der Waals surface area contributed by atoms with E-state index < -0.39 is 6.04 Å². The fourth-order valence-corrected chi connectivity index (χ4v) is 3.64. The Morgan fingerprint density at radius 3 is 2.16 bits per heavy atom. The number of carbonyl (C=O) groups excluding carboxylic acids is 2. The molecule has 31 heavy (non-hydrogen) atoms. The lowest BCUT2D eigenvalue weighted by Gasteiger charge is -2.19. The summed E-state index contributed by atoms with van der Waals surface area (Å²) in [5.41, 5.74) is 6.32. The molecule has 0 spiro atoms. The standard InChI is InChI=1S/C25H43N3O3/c1-2-14-24(30)28-23(20-21-15-13-16-22(29)19-21)25(31)27-18-12-10-8-6-4-3-5-7-9-11-17-26/h13,15-16,19,23,29H,2-12,14,17-18,20,26H2,1H3,(H,27,31)(H,28,30)/t23-/m0/s1. The third-order valence-corrected chi connectivity index (χ3v) is 5.41. The molecular weight excluding hydrogens is 390 g/mol. The fourth-order valence-electron chi connectivity index (χ4n) is 3.64. The van der Waals surface area contributed by atoms with E-state index in [1.807, 2.05) is 13.0 Å². The van der Waals surface area contributed by atoms with Crippen molar-refractivity contribution >= 4 is 11.8 Å². The quantitative estimate of drug-likeness (QED) is 0.260. The number of amides is 2. The zero-order chi connectivity index (χ0) is 22.7. The predicted octanol–water partition coefficient (Wildman–Crippen LogP) is 4.20. The number of hydrogen-bond donors (Lipinski definition) is 4. The van der Waals surface area contributed by atoms with Crippen molar-refractivity contribution in [2.45, 2.75) is 96.4 Å². The molecule has 0 bridgehead atoms. The molecule has 1 aromatic carbocycles. The Hall–Kier alpha value is -2.08. The molecule has 0 saturated heterocycles. The van der Waals surface area contributed by atoms with Crippen molar-refractivity contribution in [1.29, 1.82) is 0 Å². The van der Waals surface area contributed by atoms with Gasteiger partial charge in [-0.1, -0.05) is 70.4 Å². The van der Waals surface area contributed by atoms with Gasteiger partial charge in [-0.15, -0.1) is 0 Å². The Kier molecular flexibility index (Phi) is 15.3. The van der Waals surface area contributed by atoms with E-state index in [0.717, 1.165) is 37.8 Å². The summed E-state index contributed by atoms with van der Waals surface area (Å²) in [6.07, 6.45) is 13.6. The smallest absolute Gasteiger partial charge is 0.242 e. The first kappa shape index (κ1) is 27.0. The Morgan fingerprint density at radius 2 is 1.58 bits per heavy atom. The largest absolute Gasteiger partial charge is 0.508 e. The molecule has 1 atom stereocenters. The van der Waals surface area contributed by atoms with Crippen molar-refractivity contribution in [2.24, 2.45) is 5.73 Å². The predicted molar refractivity (Wildman–Crippen MR) is 127 cm³/mol. The van der Waals surface area contributed by atoms with Gasteiger partial charge in [-0.05, 0) is 43.5 Å². The van der Waals surface area contributed by atoms with Gasteiger partial charge in [0.25, 0.3) is 0 Å². The number of hydrogen-bond acceptors (Lipinski definition) is 4. The van der Waals surface area contributed by atoms with Gasteiger partial charge in [0.1, 0.15) is 11.8 Å². The first-order valence-electron chi connectivity index (χ1n) is 12.1. The number of phenols is 1. The molecule has 6 heteroatoms. The van der Waals surface area contributed by atoms with Crippen LogP contribution in [0.2, 0.25) is 0 Å². The maximum atomic E-state index is 12.7. The molecule has 0 aromatic heterocycles. The molecule has 0 fully saturated rings. The maximum absolute atomic E-state index is 12.7. The average molecular weight is 434 g/mol. The molecule has 0 aliphatic carbocycles. The highest BCUT2D eigenvalue weighted by Gasteiger charge is 2.20. The molecule has 1 aromatic rings. The Morgan fingerprint density at radius 1 is 0.968 bits per heavy atom. The van der Waals surface area contributed by atoms with Crippen molar-refractivity contribution in [3.8, 4) is 5.75 Å². The Labute approximate surface area is 188 Å². The molecular formula is C25H43N3O3. The van der Waals surface area contributed by atoms with E-state index in [2.05, 4.69) is 10.6 Å². The molecule has 2 amide bonds. The van der Waals surface area contributed by atoms with Gasteiger partial charge < -0.3 is 21.5 Å². The zero-order valence-electron chi connectivity index (χ0n) is 19.3. The highest BCUT2D eigenvalue weighted by atomic mass is 16.3. The highest BCUT2D eigenvalue weighted by Crippen LogP contribution is 2.13. The number of nitrogens with two attached hydrogens (primary N) is 1. The molecule has 1 rings (SSSR count). The molecule has 5 N–H and O–H groups in total. The van der Waals surface area contributed by atoms with Crippen molar-refractivity contribution in [3.63, 3.8) is 0 Å². The van der Waals surface area contributed by atoms with Crippen LogP contribution in [0.4, 0.5) is 0 Å². The summed E-state index contributed by atoms with van der Waals surface area (Å²) in [6.45, 7) is 3.36. The van der Waals surface area contributed by atoms with E-state index in [1.165, 1.54) is 44.9 Å². The number of rotatable bonds is 18. The molecule has 0 radical (unpaired) electrons. The van der Waals surface area contributed by atoms with E-state index in [4.69, 9.17) is 5.73 Å². The minimum atomic E-state index is -0.625. The third kappa shape index (κ3) is 13.8. The second-order valence-corrected chi connectivity index (χ2v) is 8.36. The first-order chi connectivity index (χ1) is 15.1. The third-order valence-electron chi connectivity index (χ3n) is 5.41. The van der Waals surface area contributed by atoms with Crippen molar-refractivity contribution in [1.82, 2.24) is 10.6 Å². The van der Waals surface area contributed by atoms with Crippen molar-refractivity contribution < 1.29 is 14.7 Å². The van der Waals surface area contributed by atoms with Gasteiger partial charge >= 0.3 is 0 Å². The average Bonchev–Trinajstić information content (AvgIpc) is 2.74. The van der Waals surface area contributed by atoms with Crippen LogP contribution in [0.1, 0.15) is 89.5 Å². The molecule has 0 heterocycles. The lowest BCUT2D eigenvalue weighted by atomic mass is 10.0. The molecule has 176 valence electrons. The Bertz CT molecular complexity index is 622. The van der Waals surface area contributed by atoms with E-state index in [-0.39, 0.29) is 17.6 Å². The summed E-state index contributed by atoms with van der Waals surface area (Å²) in [5, 5.41) is 15.5. The van der Waals surface area contributed by atoms with E-state index in [1.54, 1.807) is 18.2 Å². The van der Waals surface area contributed by atoms with Gasteiger partial charge in [-0.2, -0.15) is 0 Å². The lowest BCUT2D eigenvalue weighted by molar-refractivity contribution is -0.129. The summed E-state index contributed by atoms with van der Waals surface area (Å²) < 4.78 is 0. The second-order valence-electron chi connectivity index (χ2n) is 8.36. The summed E-state index contributed by atoms with van der Waals surface area (Å²) in [6, 6.07) is 6.19.